The van der Waals surface area contributed by atoms with E-state index in [2.05, 4.69) is 17.0 Å². The summed E-state index contributed by atoms with van der Waals surface area (Å²) in [5.74, 6) is 2.21. The molecule has 0 atom stereocenters. The summed E-state index contributed by atoms with van der Waals surface area (Å²) in [6, 6.07) is 5.78. The summed E-state index contributed by atoms with van der Waals surface area (Å²) in [6.45, 7) is 4.11. The molecular formula is C13H15Cl2N3. The first-order chi connectivity index (χ1) is 8.69. The number of hydrogen-bond donors (Lipinski definition) is 0. The molecular weight excluding hydrogens is 269 g/mol. The fraction of sp³-hybridized carbons (Fsp3) is 0.385. The van der Waals surface area contributed by atoms with Gasteiger partial charge in [-0.2, -0.15) is 5.10 Å². The van der Waals surface area contributed by atoms with Gasteiger partial charge < -0.3 is 0 Å². The van der Waals surface area contributed by atoms with Crippen molar-refractivity contribution < 1.29 is 0 Å². The smallest absolute Gasteiger partial charge is 0.151 e. The zero-order chi connectivity index (χ0) is 13.1. The molecule has 0 radical (unpaired) electrons. The highest BCUT2D eigenvalue weighted by molar-refractivity contribution is 6.32. The van der Waals surface area contributed by atoms with Gasteiger partial charge in [-0.15, -0.1) is 11.6 Å². The van der Waals surface area contributed by atoms with Crippen LogP contribution in [-0.2, 0) is 18.7 Å². The third kappa shape index (κ3) is 2.52. The van der Waals surface area contributed by atoms with E-state index in [1.807, 2.05) is 29.8 Å². The second-order valence-corrected chi connectivity index (χ2v) is 4.65. The number of benzene rings is 1. The Morgan fingerprint density at radius 3 is 2.56 bits per heavy atom. The summed E-state index contributed by atoms with van der Waals surface area (Å²) in [5.41, 5.74) is 1.86. The molecule has 0 saturated carbocycles. The molecule has 0 aliphatic rings. The number of alkyl halides is 1. The Labute approximate surface area is 117 Å². The quantitative estimate of drug-likeness (QED) is 0.800. The molecule has 0 saturated heterocycles. The van der Waals surface area contributed by atoms with Crippen molar-refractivity contribution in [3.8, 4) is 5.69 Å². The molecule has 18 heavy (non-hydrogen) atoms. The first-order valence-corrected chi connectivity index (χ1v) is 6.90. The van der Waals surface area contributed by atoms with Crippen LogP contribution in [0.2, 0.25) is 5.02 Å². The predicted octanol–water partition coefficient (Wildman–Crippen LogP) is 3.78. The van der Waals surface area contributed by atoms with Gasteiger partial charge in [0, 0.05) is 23.7 Å². The largest absolute Gasteiger partial charge is 0.218 e. The Hall–Kier alpha value is -1.06. The van der Waals surface area contributed by atoms with E-state index < -0.39 is 0 Å². The van der Waals surface area contributed by atoms with Crippen molar-refractivity contribution in [2.45, 2.75) is 32.6 Å². The molecule has 1 aromatic carbocycles. The Balaban J connectivity index is 2.47. The van der Waals surface area contributed by atoms with Crippen molar-refractivity contribution in [2.24, 2.45) is 0 Å². The number of aryl methyl sites for hydroxylation is 2. The topological polar surface area (TPSA) is 30.7 Å². The van der Waals surface area contributed by atoms with Crippen LogP contribution in [0.15, 0.2) is 18.2 Å². The summed E-state index contributed by atoms with van der Waals surface area (Å²) in [7, 11) is 0. The van der Waals surface area contributed by atoms with Crippen LogP contribution in [0, 0.1) is 0 Å². The Kier molecular flexibility index (Phi) is 4.25. The van der Waals surface area contributed by atoms with E-state index in [1.165, 1.54) is 0 Å². The van der Waals surface area contributed by atoms with Crippen molar-refractivity contribution in [3.05, 3.63) is 40.4 Å². The first kappa shape index (κ1) is 13.4. The van der Waals surface area contributed by atoms with E-state index in [1.54, 1.807) is 0 Å². The molecule has 0 aliphatic carbocycles. The zero-order valence-electron chi connectivity index (χ0n) is 10.5. The highest BCUT2D eigenvalue weighted by Crippen LogP contribution is 2.22. The van der Waals surface area contributed by atoms with Gasteiger partial charge in [0.15, 0.2) is 5.82 Å². The Bertz CT molecular complexity index is 549. The molecule has 0 bridgehead atoms. The fourth-order valence-corrected chi connectivity index (χ4v) is 2.30. The average Bonchev–Trinajstić information content (AvgIpc) is 2.82. The number of aromatic nitrogens is 3. The summed E-state index contributed by atoms with van der Waals surface area (Å²) < 4.78 is 1.85. The molecule has 1 heterocycles. The van der Waals surface area contributed by atoms with E-state index in [0.29, 0.717) is 10.9 Å². The van der Waals surface area contributed by atoms with Crippen molar-refractivity contribution in [1.82, 2.24) is 14.8 Å². The van der Waals surface area contributed by atoms with Crippen LogP contribution in [-0.4, -0.2) is 14.8 Å². The average molecular weight is 284 g/mol. The molecule has 1 aromatic heterocycles. The maximum Gasteiger partial charge on any atom is 0.151 e. The number of halogens is 2. The third-order valence-electron chi connectivity index (χ3n) is 2.78. The van der Waals surface area contributed by atoms with E-state index in [0.717, 1.165) is 35.7 Å². The van der Waals surface area contributed by atoms with Gasteiger partial charge in [0.1, 0.15) is 5.82 Å². The summed E-state index contributed by atoms with van der Waals surface area (Å²) in [5, 5.41) is 5.15. The predicted molar refractivity (Wildman–Crippen MR) is 74.7 cm³/mol. The van der Waals surface area contributed by atoms with Gasteiger partial charge in [-0.3, -0.25) is 0 Å². The molecule has 2 aromatic rings. The third-order valence-corrected chi connectivity index (χ3v) is 3.42. The Morgan fingerprint density at radius 1 is 1.22 bits per heavy atom. The fourth-order valence-electron chi connectivity index (χ4n) is 1.75. The molecule has 3 nitrogen and oxygen atoms in total. The van der Waals surface area contributed by atoms with Gasteiger partial charge in [0.25, 0.3) is 0 Å². The van der Waals surface area contributed by atoms with Gasteiger partial charge in [0.05, 0.1) is 5.69 Å². The molecule has 0 amide bonds. The molecule has 0 spiro atoms. The van der Waals surface area contributed by atoms with Crippen LogP contribution in [0.1, 0.15) is 31.1 Å². The van der Waals surface area contributed by atoms with Crippen molar-refractivity contribution in [1.29, 1.82) is 0 Å². The van der Waals surface area contributed by atoms with Crippen LogP contribution in [0.3, 0.4) is 0 Å². The van der Waals surface area contributed by atoms with Crippen LogP contribution in [0.5, 0.6) is 0 Å². The second-order valence-electron chi connectivity index (χ2n) is 3.97. The van der Waals surface area contributed by atoms with E-state index in [-0.39, 0.29) is 0 Å². The lowest BCUT2D eigenvalue weighted by Crippen LogP contribution is -2.02. The SMILES string of the molecule is CCc1nc(CC)n(-c2ccc(CCl)c(Cl)c2)n1. The number of nitrogens with zero attached hydrogens (tertiary/aromatic N) is 3. The van der Waals surface area contributed by atoms with Gasteiger partial charge in [-0.05, 0) is 17.7 Å². The first-order valence-electron chi connectivity index (χ1n) is 5.99. The van der Waals surface area contributed by atoms with Crippen LogP contribution in [0.25, 0.3) is 5.69 Å². The van der Waals surface area contributed by atoms with Gasteiger partial charge in [-0.1, -0.05) is 31.5 Å². The molecule has 0 aliphatic heterocycles. The highest BCUT2D eigenvalue weighted by atomic mass is 35.5. The van der Waals surface area contributed by atoms with Crippen molar-refractivity contribution in [2.75, 3.05) is 0 Å². The van der Waals surface area contributed by atoms with Crippen LogP contribution < -0.4 is 0 Å². The van der Waals surface area contributed by atoms with E-state index in [9.17, 15) is 0 Å². The van der Waals surface area contributed by atoms with Crippen LogP contribution >= 0.6 is 23.2 Å². The van der Waals surface area contributed by atoms with Crippen LogP contribution in [0.4, 0.5) is 0 Å². The molecule has 0 fully saturated rings. The lowest BCUT2D eigenvalue weighted by Gasteiger charge is -2.07. The summed E-state index contributed by atoms with van der Waals surface area (Å²) in [4.78, 5) is 4.48. The van der Waals surface area contributed by atoms with Crippen molar-refractivity contribution >= 4 is 23.2 Å². The van der Waals surface area contributed by atoms with E-state index >= 15 is 0 Å². The van der Waals surface area contributed by atoms with Gasteiger partial charge >= 0.3 is 0 Å². The number of hydrogen-bond acceptors (Lipinski definition) is 2. The molecule has 96 valence electrons. The molecule has 0 unspecified atom stereocenters. The summed E-state index contributed by atoms with van der Waals surface area (Å²) >= 11 is 12.0. The van der Waals surface area contributed by atoms with Gasteiger partial charge in [-0.25, -0.2) is 9.67 Å². The standard InChI is InChI=1S/C13H15Cl2N3/c1-3-12-16-13(4-2)18(17-12)10-6-5-9(8-14)11(15)7-10/h5-7H,3-4,8H2,1-2H3. The minimum Gasteiger partial charge on any atom is -0.218 e. The molecule has 0 N–H and O–H groups in total. The minimum atomic E-state index is 0.414. The lowest BCUT2D eigenvalue weighted by atomic mass is 10.2. The van der Waals surface area contributed by atoms with Gasteiger partial charge in [0.2, 0.25) is 0 Å². The maximum absolute atomic E-state index is 6.17. The number of rotatable bonds is 4. The maximum atomic E-state index is 6.17. The molecule has 2 rings (SSSR count). The van der Waals surface area contributed by atoms with E-state index in [4.69, 9.17) is 23.2 Å². The molecule has 5 heteroatoms. The normalized spacial score (nSPS) is 10.9. The monoisotopic (exact) mass is 283 g/mol. The zero-order valence-corrected chi connectivity index (χ0v) is 12.0. The lowest BCUT2D eigenvalue weighted by molar-refractivity contribution is 0.791. The van der Waals surface area contributed by atoms with Crippen molar-refractivity contribution in [3.63, 3.8) is 0 Å². The highest BCUT2D eigenvalue weighted by Gasteiger charge is 2.10. The Morgan fingerprint density at radius 2 is 2.00 bits per heavy atom. The summed E-state index contributed by atoms with van der Waals surface area (Å²) in [6.07, 6.45) is 1.66. The second kappa shape index (κ2) is 5.72. The minimum absolute atomic E-state index is 0.414.